The summed E-state index contributed by atoms with van der Waals surface area (Å²) in [5.41, 5.74) is 2.95. The molecule has 0 aromatic rings. The lowest BCUT2D eigenvalue weighted by atomic mass is 10.2. The van der Waals surface area contributed by atoms with Crippen LogP contribution in [0.15, 0.2) is 11.1 Å². The van der Waals surface area contributed by atoms with E-state index in [1.807, 2.05) is 0 Å². The predicted molar refractivity (Wildman–Crippen MR) is 67.4 cm³/mol. The van der Waals surface area contributed by atoms with Crippen LogP contribution in [-0.4, -0.2) is 37.1 Å². The second-order valence-corrected chi connectivity index (χ2v) is 4.70. The van der Waals surface area contributed by atoms with Crippen molar-refractivity contribution in [1.29, 1.82) is 0 Å². The van der Waals surface area contributed by atoms with E-state index in [-0.39, 0.29) is 0 Å². The molecule has 1 saturated heterocycles. The van der Waals surface area contributed by atoms with Gasteiger partial charge in [-0.25, -0.2) is 0 Å². The molecule has 2 nitrogen and oxygen atoms in total. The Hall–Kier alpha value is -0.0500. The van der Waals surface area contributed by atoms with Gasteiger partial charge in [-0.2, -0.15) is 0 Å². The average molecular weight is 231 g/mol. The number of rotatable bonds is 6. The van der Waals surface area contributed by atoms with Crippen LogP contribution < -0.4 is 5.32 Å². The molecule has 0 spiro atoms. The third-order valence-corrected chi connectivity index (χ3v) is 3.21. The summed E-state index contributed by atoms with van der Waals surface area (Å²) in [5, 5.41) is 3.54. The molecule has 0 radical (unpaired) electrons. The summed E-state index contributed by atoms with van der Waals surface area (Å²) < 4.78 is 0. The van der Waals surface area contributed by atoms with Crippen LogP contribution in [0.25, 0.3) is 0 Å². The number of nitrogens with zero attached hydrogens (tertiary/aromatic N) is 1. The Bertz CT molecular complexity index is 198. The second-order valence-electron chi connectivity index (χ2n) is 4.48. The molecule has 1 unspecified atom stereocenters. The van der Waals surface area contributed by atoms with Crippen LogP contribution >= 0.6 is 11.6 Å². The largest absolute Gasteiger partial charge is 0.313 e. The molecule has 0 aromatic carbocycles. The van der Waals surface area contributed by atoms with Gasteiger partial charge >= 0.3 is 0 Å². The van der Waals surface area contributed by atoms with E-state index in [9.17, 15) is 0 Å². The summed E-state index contributed by atoms with van der Waals surface area (Å²) in [7, 11) is 0. The van der Waals surface area contributed by atoms with Crippen molar-refractivity contribution in [2.75, 3.05) is 26.2 Å². The van der Waals surface area contributed by atoms with Crippen LogP contribution in [0.4, 0.5) is 0 Å². The molecule has 3 heteroatoms. The molecule has 1 aliphatic rings. The monoisotopic (exact) mass is 230 g/mol. The van der Waals surface area contributed by atoms with Crippen molar-refractivity contribution in [1.82, 2.24) is 10.2 Å². The summed E-state index contributed by atoms with van der Waals surface area (Å²) in [4.78, 5) is 2.50. The van der Waals surface area contributed by atoms with Crippen LogP contribution in [0.3, 0.4) is 0 Å². The molecule has 1 aliphatic heterocycles. The Balaban J connectivity index is 2.34. The topological polar surface area (TPSA) is 15.3 Å². The molecule has 15 heavy (non-hydrogen) atoms. The van der Waals surface area contributed by atoms with Gasteiger partial charge in [-0.1, -0.05) is 18.5 Å². The molecule has 1 fully saturated rings. The molecular formula is C12H23ClN2. The normalized spacial score (nSPS) is 22.7. The zero-order valence-corrected chi connectivity index (χ0v) is 10.7. The Labute approximate surface area is 98.7 Å². The van der Waals surface area contributed by atoms with E-state index >= 15 is 0 Å². The molecule has 0 bridgehead atoms. The fourth-order valence-electron chi connectivity index (χ4n) is 2.16. The van der Waals surface area contributed by atoms with Gasteiger partial charge in [0.05, 0.1) is 0 Å². The van der Waals surface area contributed by atoms with Crippen molar-refractivity contribution in [3.63, 3.8) is 0 Å². The first-order valence-electron chi connectivity index (χ1n) is 5.97. The van der Waals surface area contributed by atoms with Crippen molar-refractivity contribution in [2.24, 2.45) is 0 Å². The minimum atomic E-state index is 0.694. The van der Waals surface area contributed by atoms with E-state index in [0.717, 1.165) is 13.1 Å². The van der Waals surface area contributed by atoms with Crippen molar-refractivity contribution >= 4 is 11.6 Å². The van der Waals surface area contributed by atoms with E-state index in [1.165, 1.54) is 37.9 Å². The minimum Gasteiger partial charge on any atom is -0.313 e. The van der Waals surface area contributed by atoms with Gasteiger partial charge in [0.1, 0.15) is 0 Å². The summed E-state index contributed by atoms with van der Waals surface area (Å²) in [6.07, 6.45) is 3.86. The summed E-state index contributed by atoms with van der Waals surface area (Å²) in [6, 6.07) is 0.694. The van der Waals surface area contributed by atoms with Gasteiger partial charge in [-0.15, -0.1) is 0 Å². The molecule has 88 valence electrons. The fourth-order valence-corrected chi connectivity index (χ4v) is 2.23. The quantitative estimate of drug-likeness (QED) is 0.755. The van der Waals surface area contributed by atoms with Gasteiger partial charge in [0, 0.05) is 24.7 Å². The lowest BCUT2D eigenvalue weighted by Gasteiger charge is -2.25. The number of halogens is 1. The van der Waals surface area contributed by atoms with Crippen molar-refractivity contribution in [3.05, 3.63) is 11.1 Å². The van der Waals surface area contributed by atoms with E-state index in [1.54, 1.807) is 5.54 Å². The second kappa shape index (κ2) is 7.26. The standard InChI is InChI=1S/C12H23ClN2/c1-3-7-15(9-11(2)8-13)10-12-5-4-6-14-12/h8,12,14H,3-7,9-10H2,1-2H3. The van der Waals surface area contributed by atoms with Crippen molar-refractivity contribution < 1.29 is 0 Å². The van der Waals surface area contributed by atoms with E-state index in [4.69, 9.17) is 11.6 Å². The van der Waals surface area contributed by atoms with Crippen LogP contribution in [0.1, 0.15) is 33.1 Å². The highest BCUT2D eigenvalue weighted by Gasteiger charge is 2.17. The molecule has 0 aliphatic carbocycles. The third kappa shape index (κ3) is 5.01. The maximum Gasteiger partial charge on any atom is 0.0202 e. The van der Waals surface area contributed by atoms with E-state index in [0.29, 0.717) is 6.04 Å². The lowest BCUT2D eigenvalue weighted by Crippen LogP contribution is -2.38. The highest BCUT2D eigenvalue weighted by Crippen LogP contribution is 2.09. The van der Waals surface area contributed by atoms with E-state index < -0.39 is 0 Å². The molecule has 1 rings (SSSR count). The van der Waals surface area contributed by atoms with Gasteiger partial charge in [0.25, 0.3) is 0 Å². The lowest BCUT2D eigenvalue weighted by molar-refractivity contribution is 0.269. The van der Waals surface area contributed by atoms with Crippen LogP contribution in [0.5, 0.6) is 0 Å². The van der Waals surface area contributed by atoms with Crippen molar-refractivity contribution in [3.8, 4) is 0 Å². The molecule has 0 amide bonds. The van der Waals surface area contributed by atoms with Crippen LogP contribution in [0.2, 0.25) is 0 Å². The maximum absolute atomic E-state index is 5.71. The smallest absolute Gasteiger partial charge is 0.0202 e. The van der Waals surface area contributed by atoms with Gasteiger partial charge in [0.15, 0.2) is 0 Å². The zero-order chi connectivity index (χ0) is 11.1. The predicted octanol–water partition coefficient (Wildman–Crippen LogP) is 2.59. The van der Waals surface area contributed by atoms with Gasteiger partial charge in [-0.05, 0) is 44.8 Å². The molecule has 1 heterocycles. The molecule has 0 aromatic heterocycles. The third-order valence-electron chi connectivity index (χ3n) is 2.84. The Morgan fingerprint density at radius 1 is 1.60 bits per heavy atom. The molecule has 0 saturated carbocycles. The number of hydrogen-bond donors (Lipinski definition) is 1. The Morgan fingerprint density at radius 3 is 2.93 bits per heavy atom. The van der Waals surface area contributed by atoms with Gasteiger partial charge in [0.2, 0.25) is 0 Å². The SMILES string of the molecule is CCCN(CC(C)=CCl)CC1CCCN1. The highest BCUT2D eigenvalue weighted by atomic mass is 35.5. The average Bonchev–Trinajstić information content (AvgIpc) is 2.70. The Kier molecular flexibility index (Phi) is 6.30. The van der Waals surface area contributed by atoms with Crippen LogP contribution in [0, 0.1) is 0 Å². The summed E-state index contributed by atoms with van der Waals surface area (Å²) >= 11 is 5.71. The highest BCUT2D eigenvalue weighted by molar-refractivity contribution is 6.25. The van der Waals surface area contributed by atoms with Gasteiger partial charge in [-0.3, -0.25) is 4.90 Å². The summed E-state index contributed by atoms with van der Waals surface area (Å²) in [6.45, 7) is 8.85. The maximum atomic E-state index is 5.71. The van der Waals surface area contributed by atoms with E-state index in [2.05, 4.69) is 24.1 Å². The summed E-state index contributed by atoms with van der Waals surface area (Å²) in [5.74, 6) is 0. The first-order valence-corrected chi connectivity index (χ1v) is 6.41. The Morgan fingerprint density at radius 2 is 2.40 bits per heavy atom. The van der Waals surface area contributed by atoms with Crippen LogP contribution in [-0.2, 0) is 0 Å². The zero-order valence-electron chi connectivity index (χ0n) is 9.93. The first-order chi connectivity index (χ1) is 7.26. The number of hydrogen-bond acceptors (Lipinski definition) is 2. The fraction of sp³-hybridized carbons (Fsp3) is 0.833. The number of nitrogens with one attached hydrogen (secondary N) is 1. The van der Waals surface area contributed by atoms with Gasteiger partial charge < -0.3 is 5.32 Å². The first kappa shape index (κ1) is 13.0. The minimum absolute atomic E-state index is 0.694. The molecular weight excluding hydrogens is 208 g/mol. The molecule has 1 atom stereocenters. The molecule has 1 N–H and O–H groups in total. The van der Waals surface area contributed by atoms with Crippen molar-refractivity contribution in [2.45, 2.75) is 39.2 Å².